The number of thioether (sulfide) groups is 1. The van der Waals surface area contributed by atoms with Crippen LogP contribution in [0, 0.1) is 6.92 Å². The van der Waals surface area contributed by atoms with E-state index >= 15 is 0 Å². The number of nitrogens with zero attached hydrogens (tertiary/aromatic N) is 4. The Hall–Kier alpha value is -2.60. The van der Waals surface area contributed by atoms with Crippen molar-refractivity contribution in [3.05, 3.63) is 60.2 Å². The Morgan fingerprint density at radius 2 is 1.86 bits per heavy atom. The zero-order chi connectivity index (χ0) is 20.1. The summed E-state index contributed by atoms with van der Waals surface area (Å²) in [4.78, 5) is 14.9. The predicted molar refractivity (Wildman–Crippen MR) is 116 cm³/mol. The van der Waals surface area contributed by atoms with Crippen LogP contribution in [-0.4, -0.2) is 32.5 Å². The molecular formula is C22H26N4OS. The fourth-order valence-corrected chi connectivity index (χ4v) is 4.14. The summed E-state index contributed by atoms with van der Waals surface area (Å²) in [5.74, 6) is 0.908. The van der Waals surface area contributed by atoms with Gasteiger partial charge in [0.15, 0.2) is 11.0 Å². The number of hydrogen-bond acceptors (Lipinski definition) is 4. The topological polar surface area (TPSA) is 51.0 Å². The van der Waals surface area contributed by atoms with Crippen LogP contribution in [0.15, 0.2) is 59.8 Å². The standard InChI is InChI=1S/C22H26N4OS/c1-5-25(19-13-8-7-9-14-19)21(27)17(4)28-22-24-23-20(26(22)6-2)18-12-10-11-16(3)15-18/h7-15,17H,5-6H2,1-4H3. The lowest BCUT2D eigenvalue weighted by molar-refractivity contribution is -0.117. The number of para-hydroxylation sites is 1. The van der Waals surface area contributed by atoms with E-state index in [1.54, 1.807) is 0 Å². The van der Waals surface area contributed by atoms with Gasteiger partial charge in [-0.1, -0.05) is 53.7 Å². The van der Waals surface area contributed by atoms with Crippen molar-refractivity contribution < 1.29 is 4.79 Å². The van der Waals surface area contributed by atoms with Crippen LogP contribution in [0.25, 0.3) is 11.4 Å². The van der Waals surface area contributed by atoms with Gasteiger partial charge in [-0.15, -0.1) is 10.2 Å². The van der Waals surface area contributed by atoms with Crippen molar-refractivity contribution in [2.75, 3.05) is 11.4 Å². The van der Waals surface area contributed by atoms with Crippen LogP contribution < -0.4 is 4.90 Å². The van der Waals surface area contributed by atoms with Crippen molar-refractivity contribution in [3.63, 3.8) is 0 Å². The second-order valence-electron chi connectivity index (χ2n) is 6.60. The van der Waals surface area contributed by atoms with Gasteiger partial charge < -0.3 is 9.47 Å². The van der Waals surface area contributed by atoms with Crippen LogP contribution in [0.3, 0.4) is 0 Å². The fourth-order valence-electron chi connectivity index (χ4n) is 3.16. The Morgan fingerprint density at radius 1 is 1.11 bits per heavy atom. The maximum atomic E-state index is 13.0. The lowest BCUT2D eigenvalue weighted by Gasteiger charge is -2.24. The summed E-state index contributed by atoms with van der Waals surface area (Å²) < 4.78 is 2.07. The molecule has 0 saturated heterocycles. The van der Waals surface area contributed by atoms with Gasteiger partial charge in [0.25, 0.3) is 0 Å². The molecular weight excluding hydrogens is 368 g/mol. The Labute approximate surface area is 170 Å². The molecule has 0 aliphatic heterocycles. The van der Waals surface area contributed by atoms with Gasteiger partial charge in [0.1, 0.15) is 0 Å². The molecule has 0 aliphatic carbocycles. The second kappa shape index (κ2) is 9.06. The van der Waals surface area contributed by atoms with Gasteiger partial charge in [-0.05, 0) is 45.9 Å². The number of anilines is 1. The van der Waals surface area contributed by atoms with Crippen molar-refractivity contribution >= 4 is 23.4 Å². The quantitative estimate of drug-likeness (QED) is 0.540. The Bertz CT molecular complexity index is 939. The summed E-state index contributed by atoms with van der Waals surface area (Å²) in [6, 6.07) is 18.0. The van der Waals surface area contributed by atoms with Gasteiger partial charge in [-0.2, -0.15) is 0 Å². The minimum Gasteiger partial charge on any atom is -0.312 e. The first kappa shape index (κ1) is 20.1. The summed E-state index contributed by atoms with van der Waals surface area (Å²) in [6.07, 6.45) is 0. The van der Waals surface area contributed by atoms with E-state index in [0.29, 0.717) is 6.54 Å². The molecule has 3 rings (SSSR count). The third kappa shape index (κ3) is 4.28. The van der Waals surface area contributed by atoms with Gasteiger partial charge in [-0.25, -0.2) is 0 Å². The molecule has 1 unspecified atom stereocenters. The monoisotopic (exact) mass is 394 g/mol. The van der Waals surface area contributed by atoms with Gasteiger partial charge in [-0.3, -0.25) is 4.79 Å². The molecule has 6 heteroatoms. The van der Waals surface area contributed by atoms with E-state index in [9.17, 15) is 4.79 Å². The molecule has 146 valence electrons. The third-order valence-electron chi connectivity index (χ3n) is 4.59. The van der Waals surface area contributed by atoms with E-state index < -0.39 is 0 Å². The maximum absolute atomic E-state index is 13.0. The molecule has 28 heavy (non-hydrogen) atoms. The normalized spacial score (nSPS) is 12.0. The highest BCUT2D eigenvalue weighted by molar-refractivity contribution is 8.00. The Morgan fingerprint density at radius 3 is 2.50 bits per heavy atom. The number of amides is 1. The van der Waals surface area contributed by atoms with Gasteiger partial charge >= 0.3 is 0 Å². The number of carbonyl (C=O) groups excluding carboxylic acids is 1. The highest BCUT2D eigenvalue weighted by atomic mass is 32.2. The molecule has 1 aromatic heterocycles. The summed E-state index contributed by atoms with van der Waals surface area (Å²) in [7, 11) is 0. The molecule has 0 spiro atoms. The van der Waals surface area contributed by atoms with E-state index in [2.05, 4.69) is 40.7 Å². The van der Waals surface area contributed by atoms with E-state index in [1.807, 2.05) is 61.2 Å². The number of aromatic nitrogens is 3. The molecule has 2 aromatic carbocycles. The van der Waals surface area contributed by atoms with Crippen molar-refractivity contribution in [2.24, 2.45) is 0 Å². The van der Waals surface area contributed by atoms with E-state index in [1.165, 1.54) is 17.3 Å². The van der Waals surface area contributed by atoms with Crippen molar-refractivity contribution in [1.82, 2.24) is 14.8 Å². The first-order valence-electron chi connectivity index (χ1n) is 9.58. The first-order chi connectivity index (χ1) is 13.5. The van der Waals surface area contributed by atoms with Crippen LogP contribution in [-0.2, 0) is 11.3 Å². The molecule has 1 heterocycles. The number of aryl methyl sites for hydroxylation is 1. The molecule has 5 nitrogen and oxygen atoms in total. The van der Waals surface area contributed by atoms with E-state index in [4.69, 9.17) is 0 Å². The average molecular weight is 395 g/mol. The highest BCUT2D eigenvalue weighted by Crippen LogP contribution is 2.29. The summed E-state index contributed by atoms with van der Waals surface area (Å²) in [5, 5.41) is 9.28. The predicted octanol–water partition coefficient (Wildman–Crippen LogP) is 4.81. The summed E-state index contributed by atoms with van der Waals surface area (Å²) >= 11 is 1.46. The smallest absolute Gasteiger partial charge is 0.240 e. The molecule has 0 aliphatic rings. The fraction of sp³-hybridized carbons (Fsp3) is 0.318. The van der Waals surface area contributed by atoms with Crippen molar-refractivity contribution in [1.29, 1.82) is 0 Å². The molecule has 3 aromatic rings. The molecule has 1 amide bonds. The summed E-state index contributed by atoms with van der Waals surface area (Å²) in [5.41, 5.74) is 3.14. The average Bonchev–Trinajstić information content (AvgIpc) is 3.11. The lowest BCUT2D eigenvalue weighted by atomic mass is 10.1. The van der Waals surface area contributed by atoms with Crippen LogP contribution >= 0.6 is 11.8 Å². The lowest BCUT2D eigenvalue weighted by Crippen LogP contribution is -2.36. The van der Waals surface area contributed by atoms with Crippen LogP contribution in [0.2, 0.25) is 0 Å². The number of rotatable bonds is 7. The third-order valence-corrected chi connectivity index (χ3v) is 5.66. The first-order valence-corrected chi connectivity index (χ1v) is 10.5. The van der Waals surface area contributed by atoms with Crippen LogP contribution in [0.5, 0.6) is 0 Å². The van der Waals surface area contributed by atoms with Crippen LogP contribution in [0.1, 0.15) is 26.3 Å². The Kier molecular flexibility index (Phi) is 6.52. The van der Waals surface area contributed by atoms with E-state index in [-0.39, 0.29) is 11.2 Å². The molecule has 0 radical (unpaired) electrons. The molecule has 0 fully saturated rings. The zero-order valence-corrected chi connectivity index (χ0v) is 17.6. The molecule has 0 bridgehead atoms. The number of benzene rings is 2. The molecule has 0 saturated carbocycles. The summed E-state index contributed by atoms with van der Waals surface area (Å²) in [6.45, 7) is 9.43. The van der Waals surface area contributed by atoms with E-state index in [0.717, 1.165) is 28.8 Å². The zero-order valence-electron chi connectivity index (χ0n) is 16.8. The van der Waals surface area contributed by atoms with Gasteiger partial charge in [0.05, 0.1) is 5.25 Å². The van der Waals surface area contributed by atoms with Gasteiger partial charge in [0.2, 0.25) is 5.91 Å². The second-order valence-corrected chi connectivity index (χ2v) is 7.91. The van der Waals surface area contributed by atoms with Gasteiger partial charge in [0, 0.05) is 24.3 Å². The number of hydrogen-bond donors (Lipinski definition) is 0. The molecule has 0 N–H and O–H groups in total. The molecule has 1 atom stereocenters. The Balaban J connectivity index is 1.82. The van der Waals surface area contributed by atoms with Crippen molar-refractivity contribution in [3.8, 4) is 11.4 Å². The van der Waals surface area contributed by atoms with Crippen molar-refractivity contribution in [2.45, 2.75) is 44.6 Å². The SMILES string of the molecule is CCN(C(=O)C(C)Sc1nnc(-c2cccc(C)c2)n1CC)c1ccccc1. The van der Waals surface area contributed by atoms with Crippen LogP contribution in [0.4, 0.5) is 5.69 Å². The highest BCUT2D eigenvalue weighted by Gasteiger charge is 2.24. The largest absolute Gasteiger partial charge is 0.312 e. The number of carbonyl (C=O) groups is 1. The maximum Gasteiger partial charge on any atom is 0.240 e. The minimum absolute atomic E-state index is 0.0708. The minimum atomic E-state index is -0.264.